The Labute approximate surface area is 161 Å². The second-order valence-corrected chi connectivity index (χ2v) is 9.30. The summed E-state index contributed by atoms with van der Waals surface area (Å²) in [4.78, 5) is 25.6. The van der Waals surface area contributed by atoms with Gasteiger partial charge < -0.3 is 0 Å². The van der Waals surface area contributed by atoms with E-state index in [2.05, 4.69) is 14.9 Å². The minimum Gasteiger partial charge on any atom is -0.296 e. The first-order chi connectivity index (χ1) is 13.1. The smallest absolute Gasteiger partial charge is 0.296 e. The van der Waals surface area contributed by atoms with Crippen LogP contribution in [0.3, 0.4) is 0 Å². The minimum absolute atomic E-state index is 0.000907. The third-order valence-corrected chi connectivity index (χ3v) is 6.73. The third kappa shape index (κ3) is 3.18. The molecule has 0 spiro atoms. The van der Waals surface area contributed by atoms with Crippen LogP contribution >= 0.6 is 0 Å². The molecule has 0 amide bonds. The molecular formula is C18H21N5O4S. The van der Waals surface area contributed by atoms with Crippen LogP contribution < -0.4 is 16.0 Å². The lowest BCUT2D eigenvalue weighted by molar-refractivity contribution is 0.558. The van der Waals surface area contributed by atoms with E-state index in [0.29, 0.717) is 11.2 Å². The highest BCUT2D eigenvalue weighted by molar-refractivity contribution is 7.89. The van der Waals surface area contributed by atoms with Gasteiger partial charge in [0.15, 0.2) is 0 Å². The molecule has 1 aliphatic rings. The Hall–Kier alpha value is -2.72. The predicted octanol–water partition coefficient (Wildman–Crippen LogP) is 0.611. The van der Waals surface area contributed by atoms with Crippen molar-refractivity contribution < 1.29 is 8.42 Å². The molecule has 2 N–H and O–H groups in total. The summed E-state index contributed by atoms with van der Waals surface area (Å²) < 4.78 is 30.4. The second-order valence-electron chi connectivity index (χ2n) is 7.62. The highest BCUT2D eigenvalue weighted by Crippen LogP contribution is 2.36. The molecular weight excluding hydrogens is 382 g/mol. The molecule has 1 saturated carbocycles. The summed E-state index contributed by atoms with van der Waals surface area (Å²) in [6, 6.07) is 5.98. The van der Waals surface area contributed by atoms with Gasteiger partial charge in [-0.25, -0.2) is 17.9 Å². The number of sulfonamides is 1. The highest BCUT2D eigenvalue weighted by Gasteiger charge is 2.41. The maximum absolute atomic E-state index is 13.0. The fraction of sp³-hybridized carbons (Fsp3) is 0.389. The molecule has 1 aromatic carbocycles. The van der Waals surface area contributed by atoms with E-state index in [-0.39, 0.29) is 16.8 Å². The Morgan fingerprint density at radius 3 is 2.57 bits per heavy atom. The van der Waals surface area contributed by atoms with Gasteiger partial charge in [0.2, 0.25) is 10.0 Å². The van der Waals surface area contributed by atoms with Crippen LogP contribution in [0.2, 0.25) is 0 Å². The minimum atomic E-state index is -3.76. The Morgan fingerprint density at radius 2 is 1.96 bits per heavy atom. The molecule has 0 saturated heterocycles. The number of aryl methyl sites for hydroxylation is 2. The van der Waals surface area contributed by atoms with Crippen molar-refractivity contribution in [2.75, 3.05) is 0 Å². The Kier molecular flexibility index (Phi) is 4.09. The van der Waals surface area contributed by atoms with Gasteiger partial charge in [0.1, 0.15) is 0 Å². The molecule has 0 bridgehead atoms. The summed E-state index contributed by atoms with van der Waals surface area (Å²) in [7, 11) is -2.21. The molecule has 3 aromatic rings. The average Bonchev–Trinajstić information content (AvgIpc) is 3.20. The van der Waals surface area contributed by atoms with Crippen molar-refractivity contribution in [3.8, 4) is 0 Å². The van der Waals surface area contributed by atoms with Crippen LogP contribution in [0.4, 0.5) is 0 Å². The van der Waals surface area contributed by atoms with Gasteiger partial charge in [0.25, 0.3) is 5.56 Å². The molecule has 0 unspecified atom stereocenters. The monoisotopic (exact) mass is 403 g/mol. The first kappa shape index (κ1) is 18.6. The summed E-state index contributed by atoms with van der Waals surface area (Å²) >= 11 is 0. The van der Waals surface area contributed by atoms with Crippen LogP contribution in [-0.2, 0) is 23.6 Å². The van der Waals surface area contributed by atoms with Gasteiger partial charge >= 0.3 is 5.69 Å². The van der Waals surface area contributed by atoms with E-state index >= 15 is 0 Å². The van der Waals surface area contributed by atoms with Crippen LogP contribution in [0.25, 0.3) is 10.9 Å². The van der Waals surface area contributed by atoms with Crippen molar-refractivity contribution >= 4 is 20.9 Å². The molecule has 28 heavy (non-hydrogen) atoms. The lowest BCUT2D eigenvalue weighted by atomic mass is 10.2. The molecule has 4 rings (SSSR count). The zero-order chi connectivity index (χ0) is 20.3. The third-order valence-electron chi connectivity index (χ3n) is 5.09. The quantitative estimate of drug-likeness (QED) is 0.647. The number of aromatic nitrogens is 4. The maximum atomic E-state index is 13.0. The van der Waals surface area contributed by atoms with Gasteiger partial charge in [-0.2, -0.15) is 5.10 Å². The maximum Gasteiger partial charge on any atom is 0.331 e. The van der Waals surface area contributed by atoms with Crippen molar-refractivity contribution in [3.05, 3.63) is 56.5 Å². The molecule has 0 radical (unpaired) electrons. The van der Waals surface area contributed by atoms with Crippen LogP contribution in [0.15, 0.2) is 38.8 Å². The van der Waals surface area contributed by atoms with E-state index in [1.54, 1.807) is 13.1 Å². The van der Waals surface area contributed by atoms with Gasteiger partial charge in [0.05, 0.1) is 28.0 Å². The van der Waals surface area contributed by atoms with E-state index in [4.69, 9.17) is 0 Å². The average molecular weight is 403 g/mol. The summed E-state index contributed by atoms with van der Waals surface area (Å²) in [5, 5.41) is 7.01. The summed E-state index contributed by atoms with van der Waals surface area (Å²) in [6.45, 7) is 3.66. The van der Waals surface area contributed by atoms with E-state index < -0.39 is 26.8 Å². The van der Waals surface area contributed by atoms with Gasteiger partial charge in [-0.1, -0.05) is 0 Å². The molecule has 0 atom stereocenters. The van der Waals surface area contributed by atoms with Gasteiger partial charge in [-0.05, 0) is 51.0 Å². The zero-order valence-corrected chi connectivity index (χ0v) is 16.6. The number of rotatable bonds is 5. The number of benzene rings is 1. The first-order valence-electron chi connectivity index (χ1n) is 8.88. The lowest BCUT2D eigenvalue weighted by Gasteiger charge is -2.14. The summed E-state index contributed by atoms with van der Waals surface area (Å²) in [5.74, 6) is 0. The second kappa shape index (κ2) is 6.14. The van der Waals surface area contributed by atoms with E-state index in [9.17, 15) is 18.0 Å². The van der Waals surface area contributed by atoms with Crippen LogP contribution in [0.5, 0.6) is 0 Å². The summed E-state index contributed by atoms with van der Waals surface area (Å²) in [6.07, 6.45) is 1.56. The number of fused-ring (bicyclic) bond motifs is 1. The Morgan fingerprint density at radius 1 is 1.25 bits per heavy atom. The number of hydrogen-bond donors (Lipinski definition) is 2. The molecule has 1 aliphatic carbocycles. The number of aromatic amines is 1. The Balaban J connectivity index is 1.86. The predicted molar refractivity (Wildman–Crippen MR) is 104 cm³/mol. The van der Waals surface area contributed by atoms with E-state index in [1.807, 2.05) is 13.8 Å². The Bertz CT molecular complexity index is 1310. The highest BCUT2D eigenvalue weighted by atomic mass is 32.2. The van der Waals surface area contributed by atoms with E-state index in [0.717, 1.165) is 23.1 Å². The molecule has 0 aliphatic heterocycles. The van der Waals surface area contributed by atoms with Crippen LogP contribution in [0, 0.1) is 6.92 Å². The van der Waals surface area contributed by atoms with E-state index in [1.165, 1.54) is 22.8 Å². The number of H-pyrrole nitrogens is 1. The van der Waals surface area contributed by atoms with Gasteiger partial charge in [-0.3, -0.25) is 19.0 Å². The SMILES string of the molecule is Cc1cc(Cn2c(=O)c3cc(S(=O)(=O)NC4(C)CC4)ccc3n(C)c2=O)n[nH]1. The summed E-state index contributed by atoms with van der Waals surface area (Å²) in [5.41, 5.74) is 0.277. The topological polar surface area (TPSA) is 119 Å². The lowest BCUT2D eigenvalue weighted by Crippen LogP contribution is -2.39. The first-order valence-corrected chi connectivity index (χ1v) is 10.4. The molecule has 2 heterocycles. The number of nitrogens with zero attached hydrogens (tertiary/aromatic N) is 3. The largest absolute Gasteiger partial charge is 0.331 e. The zero-order valence-electron chi connectivity index (χ0n) is 15.8. The van der Waals surface area contributed by atoms with Crippen molar-refractivity contribution in [1.29, 1.82) is 0 Å². The normalized spacial score (nSPS) is 15.8. The van der Waals surface area contributed by atoms with Gasteiger partial charge in [-0.15, -0.1) is 0 Å². The molecule has 9 nitrogen and oxygen atoms in total. The fourth-order valence-electron chi connectivity index (χ4n) is 3.19. The number of hydrogen-bond acceptors (Lipinski definition) is 5. The molecule has 148 valence electrons. The molecule has 1 fully saturated rings. The van der Waals surface area contributed by atoms with Crippen molar-refractivity contribution in [1.82, 2.24) is 24.1 Å². The molecule has 2 aromatic heterocycles. The van der Waals surface area contributed by atoms with Crippen molar-refractivity contribution in [3.63, 3.8) is 0 Å². The van der Waals surface area contributed by atoms with Crippen molar-refractivity contribution in [2.24, 2.45) is 7.05 Å². The number of nitrogens with one attached hydrogen (secondary N) is 2. The molecule has 10 heteroatoms. The van der Waals surface area contributed by atoms with Crippen molar-refractivity contribution in [2.45, 2.75) is 43.7 Å². The van der Waals surface area contributed by atoms with Gasteiger partial charge in [0, 0.05) is 18.3 Å². The standard InChI is InChI=1S/C18H21N5O4S/c1-11-8-12(20-19-11)10-23-16(24)14-9-13(4-5-15(14)22(3)17(23)25)28(26,27)21-18(2)6-7-18/h4-5,8-9,21H,6-7,10H2,1-3H3,(H,19,20). The fourth-order valence-corrected chi connectivity index (χ4v) is 4.68. The van der Waals surface area contributed by atoms with Crippen LogP contribution in [-0.4, -0.2) is 33.3 Å². The van der Waals surface area contributed by atoms with Crippen LogP contribution in [0.1, 0.15) is 31.2 Å².